The van der Waals surface area contributed by atoms with Gasteiger partial charge in [-0.2, -0.15) is 0 Å². The number of hydrogen-bond acceptors (Lipinski definition) is 3. The Bertz CT molecular complexity index is 278. The van der Waals surface area contributed by atoms with Crippen LogP contribution in [-0.4, -0.2) is 35.4 Å². The Morgan fingerprint density at radius 1 is 1.56 bits per heavy atom. The Hall–Kier alpha value is -1.26. The van der Waals surface area contributed by atoms with Crippen LogP contribution in [0.3, 0.4) is 0 Å². The molecule has 0 aliphatic heterocycles. The fourth-order valence-corrected chi connectivity index (χ4v) is 2.24. The van der Waals surface area contributed by atoms with Crippen molar-refractivity contribution in [2.24, 2.45) is 22.7 Å². The maximum atomic E-state index is 12.0. The molecular weight excluding hydrogens is 206 g/mol. The summed E-state index contributed by atoms with van der Waals surface area (Å²) in [4.78, 5) is 13.7. The molecule has 1 aliphatic carbocycles. The maximum Gasteiger partial charge on any atom is 0.225 e. The van der Waals surface area contributed by atoms with Gasteiger partial charge < -0.3 is 15.8 Å². The summed E-state index contributed by atoms with van der Waals surface area (Å²) in [6.45, 7) is 2.64. The molecule has 5 heteroatoms. The predicted molar refractivity (Wildman–Crippen MR) is 62.2 cm³/mol. The van der Waals surface area contributed by atoms with E-state index in [1.165, 1.54) is 0 Å². The van der Waals surface area contributed by atoms with Gasteiger partial charge >= 0.3 is 0 Å². The van der Waals surface area contributed by atoms with Crippen LogP contribution in [0.15, 0.2) is 5.16 Å². The summed E-state index contributed by atoms with van der Waals surface area (Å²) in [7, 11) is 1.78. The second-order valence-electron chi connectivity index (χ2n) is 4.62. The summed E-state index contributed by atoms with van der Waals surface area (Å²) in [6.07, 6.45) is 3.70. The predicted octanol–water partition coefficient (Wildman–Crippen LogP) is 1.02. The van der Waals surface area contributed by atoms with Crippen LogP contribution in [0.25, 0.3) is 0 Å². The number of oxime groups is 1. The van der Waals surface area contributed by atoms with E-state index in [2.05, 4.69) is 12.1 Å². The highest BCUT2D eigenvalue weighted by atomic mass is 16.4. The highest BCUT2D eigenvalue weighted by Gasteiger charge is 2.31. The number of amidine groups is 1. The van der Waals surface area contributed by atoms with E-state index in [0.29, 0.717) is 18.9 Å². The van der Waals surface area contributed by atoms with E-state index in [1.807, 2.05) is 0 Å². The molecule has 92 valence electrons. The number of amides is 1. The molecule has 0 bridgehead atoms. The zero-order valence-electron chi connectivity index (χ0n) is 10.0. The standard InChI is InChI=1S/C11H21N3O2/c1-8-4-3-5-9(8)11(15)14(2)7-6-10(12)13-16/h8-9,16H,3-7H2,1-2H3,(H2,12,13). The lowest BCUT2D eigenvalue weighted by Crippen LogP contribution is -2.36. The minimum atomic E-state index is 0.164. The van der Waals surface area contributed by atoms with Gasteiger partial charge in [-0.05, 0) is 18.8 Å². The number of rotatable bonds is 4. The third-order valence-corrected chi connectivity index (χ3v) is 3.39. The van der Waals surface area contributed by atoms with Crippen molar-refractivity contribution in [2.75, 3.05) is 13.6 Å². The van der Waals surface area contributed by atoms with E-state index in [1.54, 1.807) is 11.9 Å². The maximum absolute atomic E-state index is 12.0. The zero-order valence-corrected chi connectivity index (χ0v) is 10.0. The van der Waals surface area contributed by atoms with Crippen molar-refractivity contribution in [2.45, 2.75) is 32.6 Å². The van der Waals surface area contributed by atoms with E-state index < -0.39 is 0 Å². The second-order valence-corrected chi connectivity index (χ2v) is 4.62. The van der Waals surface area contributed by atoms with E-state index in [-0.39, 0.29) is 17.7 Å². The molecular formula is C11H21N3O2. The summed E-state index contributed by atoms with van der Waals surface area (Å²) in [5, 5.41) is 11.3. The van der Waals surface area contributed by atoms with Crippen LogP contribution in [0.5, 0.6) is 0 Å². The lowest BCUT2D eigenvalue weighted by Gasteiger charge is -2.23. The Labute approximate surface area is 96.3 Å². The monoisotopic (exact) mass is 227 g/mol. The van der Waals surface area contributed by atoms with Crippen molar-refractivity contribution < 1.29 is 10.0 Å². The molecule has 0 spiro atoms. The van der Waals surface area contributed by atoms with Gasteiger partial charge in [-0.15, -0.1) is 0 Å². The van der Waals surface area contributed by atoms with Crippen molar-refractivity contribution in [3.05, 3.63) is 0 Å². The minimum Gasteiger partial charge on any atom is -0.409 e. The van der Waals surface area contributed by atoms with Crippen LogP contribution >= 0.6 is 0 Å². The first kappa shape index (κ1) is 12.8. The molecule has 0 saturated heterocycles. The van der Waals surface area contributed by atoms with Crippen LogP contribution in [0.1, 0.15) is 32.6 Å². The molecule has 1 amide bonds. The second kappa shape index (κ2) is 5.72. The normalized spacial score (nSPS) is 25.8. The van der Waals surface area contributed by atoms with Crippen molar-refractivity contribution in [3.8, 4) is 0 Å². The Kier molecular flexibility index (Phi) is 4.58. The lowest BCUT2D eigenvalue weighted by atomic mass is 9.97. The van der Waals surface area contributed by atoms with Crippen LogP contribution in [0, 0.1) is 11.8 Å². The van der Waals surface area contributed by atoms with Crippen LogP contribution < -0.4 is 5.73 Å². The molecule has 1 fully saturated rings. The van der Waals surface area contributed by atoms with E-state index in [4.69, 9.17) is 10.9 Å². The molecule has 2 unspecified atom stereocenters. The van der Waals surface area contributed by atoms with E-state index in [9.17, 15) is 4.79 Å². The third kappa shape index (κ3) is 3.12. The molecule has 5 nitrogen and oxygen atoms in total. The molecule has 0 aromatic heterocycles. The summed E-state index contributed by atoms with van der Waals surface area (Å²) >= 11 is 0. The van der Waals surface area contributed by atoms with Crippen molar-refractivity contribution in [1.82, 2.24) is 4.90 Å². The average Bonchev–Trinajstić information content (AvgIpc) is 2.70. The van der Waals surface area contributed by atoms with Gasteiger partial charge in [-0.1, -0.05) is 18.5 Å². The fourth-order valence-electron chi connectivity index (χ4n) is 2.24. The molecule has 3 N–H and O–H groups in total. The SMILES string of the molecule is CC1CCCC1C(=O)N(C)CCC(N)=NO. The third-order valence-electron chi connectivity index (χ3n) is 3.39. The van der Waals surface area contributed by atoms with Gasteiger partial charge in [0.25, 0.3) is 0 Å². The smallest absolute Gasteiger partial charge is 0.225 e. The lowest BCUT2D eigenvalue weighted by molar-refractivity contribution is -0.135. The minimum absolute atomic E-state index is 0.164. The van der Waals surface area contributed by atoms with Crippen molar-refractivity contribution in [3.63, 3.8) is 0 Å². The van der Waals surface area contributed by atoms with Crippen LogP contribution in [0.4, 0.5) is 0 Å². The van der Waals surface area contributed by atoms with Gasteiger partial charge in [0.05, 0.1) is 0 Å². The Balaban J connectivity index is 2.41. The summed E-state index contributed by atoms with van der Waals surface area (Å²) < 4.78 is 0. The molecule has 0 aromatic carbocycles. The molecule has 16 heavy (non-hydrogen) atoms. The van der Waals surface area contributed by atoms with Crippen molar-refractivity contribution >= 4 is 11.7 Å². The first-order chi connectivity index (χ1) is 7.56. The number of carbonyl (C=O) groups excluding carboxylic acids is 1. The quantitative estimate of drug-likeness (QED) is 0.326. The Morgan fingerprint density at radius 3 is 2.75 bits per heavy atom. The van der Waals surface area contributed by atoms with Crippen LogP contribution in [-0.2, 0) is 4.79 Å². The summed E-state index contributed by atoms with van der Waals surface area (Å²) in [6, 6.07) is 0. The number of nitrogens with zero attached hydrogens (tertiary/aromatic N) is 2. The first-order valence-corrected chi connectivity index (χ1v) is 5.77. The largest absolute Gasteiger partial charge is 0.409 e. The summed E-state index contributed by atoms with van der Waals surface area (Å²) in [5.74, 6) is 1.01. The molecule has 1 saturated carbocycles. The summed E-state index contributed by atoms with van der Waals surface area (Å²) in [5.41, 5.74) is 5.36. The Morgan fingerprint density at radius 2 is 2.25 bits per heavy atom. The highest BCUT2D eigenvalue weighted by Crippen LogP contribution is 2.32. The molecule has 1 rings (SSSR count). The first-order valence-electron chi connectivity index (χ1n) is 5.77. The molecule has 0 radical (unpaired) electrons. The fraction of sp³-hybridized carbons (Fsp3) is 0.818. The van der Waals surface area contributed by atoms with Crippen molar-refractivity contribution in [1.29, 1.82) is 0 Å². The van der Waals surface area contributed by atoms with Gasteiger partial charge in [0.15, 0.2) is 0 Å². The van der Waals surface area contributed by atoms with Crippen LogP contribution in [0.2, 0.25) is 0 Å². The average molecular weight is 227 g/mol. The number of hydrogen-bond donors (Lipinski definition) is 2. The number of carbonyl (C=O) groups is 1. The van der Waals surface area contributed by atoms with E-state index >= 15 is 0 Å². The topological polar surface area (TPSA) is 78.9 Å². The van der Waals surface area contributed by atoms with E-state index in [0.717, 1.165) is 19.3 Å². The number of nitrogens with two attached hydrogens (primary N) is 1. The molecule has 2 atom stereocenters. The molecule has 1 aliphatic rings. The van der Waals surface area contributed by atoms with Gasteiger partial charge in [0.2, 0.25) is 5.91 Å². The van der Waals surface area contributed by atoms with Gasteiger partial charge in [-0.3, -0.25) is 4.79 Å². The molecule has 0 heterocycles. The highest BCUT2D eigenvalue weighted by molar-refractivity contribution is 5.82. The zero-order chi connectivity index (χ0) is 12.1. The van der Waals surface area contributed by atoms with Gasteiger partial charge in [-0.25, -0.2) is 0 Å². The molecule has 0 aromatic rings. The van der Waals surface area contributed by atoms with Gasteiger partial charge in [0.1, 0.15) is 5.84 Å². The van der Waals surface area contributed by atoms with Gasteiger partial charge in [0, 0.05) is 25.9 Å².